The molecule has 0 amide bonds. The molecule has 26 heavy (non-hydrogen) atoms. The van der Waals surface area contributed by atoms with Crippen molar-refractivity contribution in [1.29, 1.82) is 0 Å². The second-order valence-corrected chi connectivity index (χ2v) is 8.06. The van der Waals surface area contributed by atoms with Gasteiger partial charge in [-0.25, -0.2) is 13.4 Å². The van der Waals surface area contributed by atoms with Crippen LogP contribution >= 0.6 is 35.6 Å². The third-order valence-corrected chi connectivity index (χ3v) is 4.51. The quantitative estimate of drug-likeness (QED) is 0.353. The molecule has 0 saturated carbocycles. The van der Waals surface area contributed by atoms with E-state index in [1.54, 1.807) is 30.3 Å². The number of halogens is 2. The number of sulfone groups is 1. The van der Waals surface area contributed by atoms with Gasteiger partial charge in [-0.2, -0.15) is 0 Å². The average molecular weight is 510 g/mol. The molecule has 0 radical (unpaired) electrons. The minimum atomic E-state index is -3.12. The lowest BCUT2D eigenvalue weighted by Crippen LogP contribution is -2.22. The summed E-state index contributed by atoms with van der Waals surface area (Å²) in [6.07, 6.45) is 1.20. The molecule has 0 fully saturated rings. The van der Waals surface area contributed by atoms with Crippen LogP contribution in [0.2, 0.25) is 5.02 Å². The first-order valence-corrected chi connectivity index (χ1v) is 9.87. The van der Waals surface area contributed by atoms with Gasteiger partial charge in [-0.15, -0.1) is 24.0 Å². The molecule has 2 aromatic rings. The van der Waals surface area contributed by atoms with Gasteiger partial charge in [0.1, 0.15) is 5.75 Å². The minimum Gasteiger partial charge on any atom is -0.495 e. The topological polar surface area (TPSA) is 93.8 Å². The molecule has 0 aliphatic rings. The summed E-state index contributed by atoms with van der Waals surface area (Å²) < 4.78 is 28.1. The fourth-order valence-electron chi connectivity index (χ4n) is 2.24. The third kappa shape index (κ3) is 7.00. The zero-order valence-electron chi connectivity index (χ0n) is 14.4. The smallest absolute Gasteiger partial charge is 0.193 e. The second-order valence-electron chi connectivity index (χ2n) is 5.51. The van der Waals surface area contributed by atoms with E-state index < -0.39 is 9.84 Å². The summed E-state index contributed by atoms with van der Waals surface area (Å²) in [5, 5.41) is 3.40. The van der Waals surface area contributed by atoms with Crippen LogP contribution in [0.25, 0.3) is 0 Å². The molecule has 9 heteroatoms. The predicted molar refractivity (Wildman–Crippen MR) is 117 cm³/mol. The molecule has 0 aliphatic carbocycles. The van der Waals surface area contributed by atoms with Gasteiger partial charge in [0, 0.05) is 11.9 Å². The van der Waals surface area contributed by atoms with Crippen molar-refractivity contribution >= 4 is 57.1 Å². The fraction of sp³-hybridized carbons (Fsp3) is 0.235. The van der Waals surface area contributed by atoms with Gasteiger partial charge >= 0.3 is 0 Å². The highest BCUT2D eigenvalue weighted by Crippen LogP contribution is 2.27. The normalized spacial score (nSPS) is 11.6. The van der Waals surface area contributed by atoms with Crippen molar-refractivity contribution in [3.63, 3.8) is 0 Å². The van der Waals surface area contributed by atoms with E-state index >= 15 is 0 Å². The van der Waals surface area contributed by atoms with E-state index in [1.165, 1.54) is 13.4 Å². The van der Waals surface area contributed by atoms with Crippen LogP contribution in [0.3, 0.4) is 0 Å². The van der Waals surface area contributed by atoms with E-state index in [4.69, 9.17) is 22.1 Å². The van der Waals surface area contributed by atoms with Crippen molar-refractivity contribution in [2.24, 2.45) is 10.7 Å². The monoisotopic (exact) mass is 509 g/mol. The fourth-order valence-corrected chi connectivity index (χ4v) is 3.34. The average Bonchev–Trinajstić information content (AvgIpc) is 2.53. The van der Waals surface area contributed by atoms with E-state index in [9.17, 15) is 8.42 Å². The molecule has 3 N–H and O–H groups in total. The Hall–Kier alpha value is -1.52. The summed E-state index contributed by atoms with van der Waals surface area (Å²) >= 11 is 6.07. The summed E-state index contributed by atoms with van der Waals surface area (Å²) in [6, 6.07) is 12.4. The van der Waals surface area contributed by atoms with Gasteiger partial charge in [0.15, 0.2) is 15.8 Å². The zero-order chi connectivity index (χ0) is 18.4. The zero-order valence-corrected chi connectivity index (χ0v) is 18.3. The lowest BCUT2D eigenvalue weighted by molar-refractivity contribution is 0.415. The molecular formula is C17H21ClIN3O3S. The lowest BCUT2D eigenvalue weighted by atomic mass is 10.1. The summed E-state index contributed by atoms with van der Waals surface area (Å²) in [5.41, 5.74) is 8.10. The molecule has 2 rings (SSSR count). The summed E-state index contributed by atoms with van der Waals surface area (Å²) in [4.78, 5) is 4.27. The van der Waals surface area contributed by atoms with Crippen LogP contribution in [0.5, 0.6) is 5.75 Å². The van der Waals surface area contributed by atoms with Gasteiger partial charge < -0.3 is 15.8 Å². The first-order valence-electron chi connectivity index (χ1n) is 7.43. The van der Waals surface area contributed by atoms with Crippen molar-refractivity contribution in [2.75, 3.05) is 18.7 Å². The number of aliphatic imine (C=N–C) groups is 1. The Bertz CT molecular complexity index is 889. The molecule has 0 heterocycles. The summed E-state index contributed by atoms with van der Waals surface area (Å²) in [7, 11) is -1.58. The Morgan fingerprint density at radius 3 is 2.46 bits per heavy atom. The van der Waals surface area contributed by atoms with Crippen LogP contribution in [-0.2, 0) is 22.1 Å². The Labute approximate surface area is 175 Å². The Kier molecular flexibility index (Phi) is 8.65. The van der Waals surface area contributed by atoms with Gasteiger partial charge in [0.05, 0.1) is 24.4 Å². The number of anilines is 1. The van der Waals surface area contributed by atoms with Crippen molar-refractivity contribution in [3.8, 4) is 5.75 Å². The standard InChI is InChI=1S/C17H20ClN3O3S.HI/c1-24-16-8-7-14(9-15(16)18)21-17(19)20-10-12-5-3-4-6-13(12)11-25(2,22)23;/h3-9H,10-11H2,1-2H3,(H3,19,20,21);1H. The molecule has 0 atom stereocenters. The first-order chi connectivity index (χ1) is 11.8. The van der Waals surface area contributed by atoms with Gasteiger partial charge in [-0.05, 0) is 29.3 Å². The number of nitrogens with two attached hydrogens (primary N) is 1. The lowest BCUT2D eigenvalue weighted by Gasteiger charge is -2.10. The number of ether oxygens (including phenoxy) is 1. The second kappa shape index (κ2) is 9.98. The van der Waals surface area contributed by atoms with Gasteiger partial charge in [-0.1, -0.05) is 35.9 Å². The van der Waals surface area contributed by atoms with Crippen LogP contribution in [0.1, 0.15) is 11.1 Å². The molecule has 0 aliphatic heterocycles. The van der Waals surface area contributed by atoms with Gasteiger partial charge in [-0.3, -0.25) is 0 Å². The van der Waals surface area contributed by atoms with E-state index in [-0.39, 0.29) is 42.2 Å². The highest BCUT2D eigenvalue weighted by atomic mass is 127. The van der Waals surface area contributed by atoms with Crippen molar-refractivity contribution in [1.82, 2.24) is 0 Å². The van der Waals surface area contributed by atoms with Crippen molar-refractivity contribution < 1.29 is 13.2 Å². The molecule has 142 valence electrons. The number of benzene rings is 2. The maximum absolute atomic E-state index is 11.5. The summed E-state index contributed by atoms with van der Waals surface area (Å²) in [6.45, 7) is 0.272. The number of guanidine groups is 1. The van der Waals surface area contributed by atoms with Crippen LogP contribution in [-0.4, -0.2) is 27.7 Å². The van der Waals surface area contributed by atoms with Crippen LogP contribution in [0.4, 0.5) is 5.69 Å². The summed E-state index contributed by atoms with van der Waals surface area (Å²) in [5.74, 6) is 0.743. The number of nitrogens with zero attached hydrogens (tertiary/aromatic N) is 1. The maximum atomic E-state index is 11.5. The van der Waals surface area contributed by atoms with E-state index in [0.29, 0.717) is 22.0 Å². The van der Waals surface area contributed by atoms with Crippen LogP contribution in [0, 0.1) is 0 Å². The van der Waals surface area contributed by atoms with Gasteiger partial charge in [0.2, 0.25) is 0 Å². The van der Waals surface area contributed by atoms with E-state index in [1.807, 2.05) is 12.1 Å². The highest BCUT2D eigenvalue weighted by molar-refractivity contribution is 14.0. The highest BCUT2D eigenvalue weighted by Gasteiger charge is 2.09. The third-order valence-electron chi connectivity index (χ3n) is 3.38. The first kappa shape index (κ1) is 22.5. The SMILES string of the molecule is COc1ccc(NC(N)=NCc2ccccc2CS(C)(=O)=O)cc1Cl.I. The van der Waals surface area contributed by atoms with Crippen LogP contribution in [0.15, 0.2) is 47.5 Å². The predicted octanol–water partition coefficient (Wildman–Crippen LogP) is 3.44. The number of hydrogen-bond acceptors (Lipinski definition) is 4. The van der Waals surface area contributed by atoms with Crippen molar-refractivity contribution in [3.05, 3.63) is 58.6 Å². The minimum absolute atomic E-state index is 0. The largest absolute Gasteiger partial charge is 0.495 e. The molecule has 0 spiro atoms. The molecular weight excluding hydrogens is 489 g/mol. The van der Waals surface area contributed by atoms with E-state index in [0.717, 1.165) is 5.56 Å². The number of nitrogens with one attached hydrogen (secondary N) is 1. The molecule has 0 bridgehead atoms. The van der Waals surface area contributed by atoms with E-state index in [2.05, 4.69) is 10.3 Å². The van der Waals surface area contributed by atoms with Crippen molar-refractivity contribution in [2.45, 2.75) is 12.3 Å². The molecule has 0 unspecified atom stereocenters. The molecule has 0 aromatic heterocycles. The Morgan fingerprint density at radius 2 is 1.88 bits per heavy atom. The number of rotatable bonds is 6. The Morgan fingerprint density at radius 1 is 1.23 bits per heavy atom. The molecule has 2 aromatic carbocycles. The Balaban J connectivity index is 0.00000338. The maximum Gasteiger partial charge on any atom is 0.193 e. The molecule has 0 saturated heterocycles. The number of methoxy groups -OCH3 is 1. The molecule has 6 nitrogen and oxygen atoms in total. The van der Waals surface area contributed by atoms with Gasteiger partial charge in [0.25, 0.3) is 0 Å². The number of hydrogen-bond donors (Lipinski definition) is 2. The van der Waals surface area contributed by atoms with Crippen LogP contribution < -0.4 is 15.8 Å².